The zero-order valence-electron chi connectivity index (χ0n) is 28.6. The summed E-state index contributed by atoms with van der Waals surface area (Å²) in [5.41, 5.74) is 7.31. The van der Waals surface area contributed by atoms with E-state index in [1.165, 1.54) is 22.3 Å². The standard InChI is InChI=1S/C42H42N4O5/c1-27-7-18-38(40(48)43-27)46-41(49)36-16-11-31(26-37(36)42(46)50)45-21-19-44(20-22-45)23-24-51-33-13-8-29(9-14-33)39-34(28-5-3-2-4-6-28)15-10-30-25-32(47)12-17-35(30)39/h2-6,8-9,11-14,16-17,25-26,34,38-39,47H,1,7,10,15,18-24H2,(H,43,48)/t34-,38?,39+/m0/s1. The van der Waals surface area contributed by atoms with Crippen molar-refractivity contribution < 1.29 is 24.2 Å². The van der Waals surface area contributed by atoms with E-state index in [9.17, 15) is 19.5 Å². The van der Waals surface area contributed by atoms with Crippen LogP contribution in [0.25, 0.3) is 0 Å². The number of aryl methyl sites for hydroxylation is 1. The number of nitrogens with one attached hydrogen (secondary N) is 1. The molecule has 3 heterocycles. The lowest BCUT2D eigenvalue weighted by Gasteiger charge is -2.36. The van der Waals surface area contributed by atoms with Gasteiger partial charge in [0.05, 0.1) is 11.1 Å². The molecule has 0 aromatic heterocycles. The summed E-state index contributed by atoms with van der Waals surface area (Å²) in [6.45, 7) is 8.44. The van der Waals surface area contributed by atoms with E-state index in [4.69, 9.17) is 4.74 Å². The first-order valence-electron chi connectivity index (χ1n) is 17.9. The van der Waals surface area contributed by atoms with Crippen LogP contribution in [-0.2, 0) is 11.2 Å². The first-order valence-corrected chi connectivity index (χ1v) is 17.9. The molecule has 4 aromatic carbocycles. The number of allylic oxidation sites excluding steroid dienone is 1. The number of amides is 3. The fourth-order valence-electron chi connectivity index (χ4n) is 8.31. The van der Waals surface area contributed by atoms with Crippen molar-refractivity contribution in [1.29, 1.82) is 0 Å². The van der Waals surface area contributed by atoms with E-state index in [1.807, 2.05) is 12.1 Å². The lowest BCUT2D eigenvalue weighted by atomic mass is 9.69. The Labute approximate surface area is 298 Å². The number of phenols is 1. The zero-order valence-corrected chi connectivity index (χ0v) is 28.6. The molecule has 51 heavy (non-hydrogen) atoms. The molecule has 8 rings (SSSR count). The molecule has 1 aliphatic carbocycles. The van der Waals surface area contributed by atoms with Crippen LogP contribution in [0.4, 0.5) is 5.69 Å². The lowest BCUT2D eigenvalue weighted by Crippen LogP contribution is -2.51. The number of phenolic OH excluding ortho intramolecular Hbond substituents is 1. The average molecular weight is 683 g/mol. The van der Waals surface area contributed by atoms with Crippen LogP contribution in [0.2, 0.25) is 0 Å². The minimum atomic E-state index is -0.812. The zero-order chi connectivity index (χ0) is 35.1. The maximum atomic E-state index is 13.3. The number of carbonyl (C=O) groups excluding carboxylic acids is 3. The number of hydrogen-bond acceptors (Lipinski definition) is 7. The second kappa shape index (κ2) is 13.7. The van der Waals surface area contributed by atoms with Gasteiger partial charge in [0.2, 0.25) is 5.91 Å². The first-order chi connectivity index (χ1) is 24.8. The molecule has 4 aliphatic rings. The molecule has 2 N–H and O–H groups in total. The molecule has 4 aromatic rings. The number of carbonyl (C=O) groups is 3. The fourth-order valence-corrected chi connectivity index (χ4v) is 8.31. The number of fused-ring (bicyclic) bond motifs is 2. The summed E-state index contributed by atoms with van der Waals surface area (Å²) in [5.74, 6) is 0.540. The van der Waals surface area contributed by atoms with Crippen molar-refractivity contribution >= 4 is 23.4 Å². The summed E-state index contributed by atoms with van der Waals surface area (Å²) in [4.78, 5) is 44.8. The number of piperidine rings is 1. The predicted octanol–water partition coefficient (Wildman–Crippen LogP) is 5.84. The second-order valence-corrected chi connectivity index (χ2v) is 14.0. The van der Waals surface area contributed by atoms with Crippen molar-refractivity contribution in [2.75, 3.05) is 44.2 Å². The quantitative estimate of drug-likeness (QED) is 0.225. The average Bonchev–Trinajstić information content (AvgIpc) is 3.40. The van der Waals surface area contributed by atoms with E-state index in [-0.39, 0.29) is 11.8 Å². The molecule has 1 unspecified atom stereocenters. The van der Waals surface area contributed by atoms with Gasteiger partial charge in [0.25, 0.3) is 11.8 Å². The number of benzene rings is 4. The highest BCUT2D eigenvalue weighted by atomic mass is 16.5. The van der Waals surface area contributed by atoms with Gasteiger partial charge in [0, 0.05) is 50.0 Å². The monoisotopic (exact) mass is 682 g/mol. The normalized spacial score (nSPS) is 22.1. The molecule has 260 valence electrons. The second-order valence-electron chi connectivity index (χ2n) is 14.0. The van der Waals surface area contributed by atoms with Crippen molar-refractivity contribution in [3.63, 3.8) is 0 Å². The Morgan fingerprint density at radius 2 is 1.55 bits per heavy atom. The molecule has 0 spiro atoms. The van der Waals surface area contributed by atoms with Crippen molar-refractivity contribution in [3.8, 4) is 11.5 Å². The topological polar surface area (TPSA) is 102 Å². The summed E-state index contributed by atoms with van der Waals surface area (Å²) in [5, 5.41) is 12.8. The van der Waals surface area contributed by atoms with Crippen molar-refractivity contribution in [2.45, 2.75) is 43.6 Å². The number of aromatic hydroxyl groups is 1. The van der Waals surface area contributed by atoms with Crippen LogP contribution in [0.1, 0.15) is 74.1 Å². The van der Waals surface area contributed by atoms with E-state index < -0.39 is 17.9 Å². The van der Waals surface area contributed by atoms with Gasteiger partial charge in [-0.25, -0.2) is 0 Å². The highest BCUT2D eigenvalue weighted by molar-refractivity contribution is 6.23. The third-order valence-electron chi connectivity index (χ3n) is 11.0. The summed E-state index contributed by atoms with van der Waals surface area (Å²) < 4.78 is 6.21. The van der Waals surface area contributed by atoms with E-state index in [0.717, 1.165) is 61.9 Å². The van der Waals surface area contributed by atoms with Crippen LogP contribution in [0.5, 0.6) is 11.5 Å². The molecule has 9 nitrogen and oxygen atoms in total. The molecule has 3 amide bonds. The summed E-state index contributed by atoms with van der Waals surface area (Å²) in [7, 11) is 0. The maximum Gasteiger partial charge on any atom is 0.262 e. The summed E-state index contributed by atoms with van der Waals surface area (Å²) in [6.07, 6.45) is 2.89. The van der Waals surface area contributed by atoms with Gasteiger partial charge in [-0.1, -0.05) is 55.1 Å². The highest BCUT2D eigenvalue weighted by Gasteiger charge is 2.44. The Morgan fingerprint density at radius 3 is 2.31 bits per heavy atom. The molecule has 9 heteroatoms. The van der Waals surface area contributed by atoms with E-state index in [0.29, 0.717) is 47.9 Å². The molecule has 3 atom stereocenters. The van der Waals surface area contributed by atoms with Gasteiger partial charge in [-0.2, -0.15) is 0 Å². The molecule has 0 bridgehead atoms. The Bertz CT molecular complexity index is 1990. The summed E-state index contributed by atoms with van der Waals surface area (Å²) in [6, 6.07) is 29.7. The fraction of sp³-hybridized carbons (Fsp3) is 0.310. The van der Waals surface area contributed by atoms with Crippen LogP contribution >= 0.6 is 0 Å². The lowest BCUT2D eigenvalue weighted by molar-refractivity contribution is -0.125. The number of rotatable bonds is 8. The molecule has 0 radical (unpaired) electrons. The Kier molecular flexibility index (Phi) is 8.82. The minimum absolute atomic E-state index is 0.199. The molecular formula is C42H42N4O5. The SMILES string of the molecule is C=C1CCC(N2C(=O)c3ccc(N4CCN(CCOc5ccc([C@H]6c7ccc(O)cc7CC[C@H]6c6ccccc6)cc5)CC4)cc3C2=O)C(=O)N1. The Hall–Kier alpha value is -5.41. The molecular weight excluding hydrogens is 640 g/mol. The number of hydrogen-bond donors (Lipinski definition) is 2. The van der Waals surface area contributed by atoms with Crippen LogP contribution in [0, 0.1) is 0 Å². The van der Waals surface area contributed by atoms with Gasteiger partial charge in [-0.15, -0.1) is 0 Å². The van der Waals surface area contributed by atoms with Crippen molar-refractivity contribution in [2.24, 2.45) is 0 Å². The third kappa shape index (κ3) is 6.38. The Balaban J connectivity index is 0.862. The Morgan fingerprint density at radius 1 is 0.784 bits per heavy atom. The number of ether oxygens (including phenoxy) is 1. The number of imide groups is 1. The van der Waals surface area contributed by atoms with Crippen LogP contribution in [0.15, 0.2) is 103 Å². The van der Waals surface area contributed by atoms with Crippen molar-refractivity contribution in [3.05, 3.63) is 137 Å². The minimum Gasteiger partial charge on any atom is -0.508 e. The summed E-state index contributed by atoms with van der Waals surface area (Å²) >= 11 is 0. The highest BCUT2D eigenvalue weighted by Crippen LogP contribution is 2.47. The van der Waals surface area contributed by atoms with Crippen LogP contribution in [0.3, 0.4) is 0 Å². The van der Waals surface area contributed by atoms with E-state index in [1.54, 1.807) is 18.2 Å². The smallest absolute Gasteiger partial charge is 0.262 e. The van der Waals surface area contributed by atoms with E-state index in [2.05, 4.69) is 82.4 Å². The largest absolute Gasteiger partial charge is 0.508 e. The third-order valence-corrected chi connectivity index (χ3v) is 11.0. The maximum absolute atomic E-state index is 13.3. The molecule has 2 fully saturated rings. The van der Waals surface area contributed by atoms with Gasteiger partial charge in [0.1, 0.15) is 24.1 Å². The number of nitrogens with zero attached hydrogens (tertiary/aromatic N) is 3. The van der Waals surface area contributed by atoms with Gasteiger partial charge < -0.3 is 20.1 Å². The van der Waals surface area contributed by atoms with Gasteiger partial charge in [-0.05, 0) is 96.3 Å². The van der Waals surface area contributed by atoms with E-state index >= 15 is 0 Å². The van der Waals surface area contributed by atoms with Gasteiger partial charge >= 0.3 is 0 Å². The molecule has 3 aliphatic heterocycles. The van der Waals surface area contributed by atoms with Crippen LogP contribution in [-0.4, -0.2) is 78.0 Å². The number of anilines is 1. The number of piperazine rings is 1. The molecule has 0 saturated carbocycles. The predicted molar refractivity (Wildman–Crippen MR) is 195 cm³/mol. The van der Waals surface area contributed by atoms with Gasteiger partial charge in [-0.3, -0.25) is 24.2 Å². The van der Waals surface area contributed by atoms with Gasteiger partial charge in [0.15, 0.2) is 0 Å². The molecule has 2 saturated heterocycles. The first kappa shape index (κ1) is 32.8. The van der Waals surface area contributed by atoms with Crippen molar-refractivity contribution in [1.82, 2.24) is 15.1 Å². The van der Waals surface area contributed by atoms with Crippen LogP contribution < -0.4 is 15.0 Å².